The lowest BCUT2D eigenvalue weighted by atomic mass is 9.88. The standard InChI is InChI=1S/C13H15F/c1-10-5-7-11(8-6-10)12-3-2-4-13(14)9-12/h2-4,7,9-10H,5-6,8H2,1H3. The van der Waals surface area contributed by atoms with Gasteiger partial charge in [-0.05, 0) is 48.4 Å². The molecule has 2 rings (SSSR count). The van der Waals surface area contributed by atoms with E-state index >= 15 is 0 Å². The Bertz CT molecular complexity index is 352. The molecule has 1 aliphatic carbocycles. The first-order valence-electron chi connectivity index (χ1n) is 5.20. The van der Waals surface area contributed by atoms with Crippen molar-refractivity contribution < 1.29 is 4.39 Å². The molecule has 0 aromatic heterocycles. The Hall–Kier alpha value is -1.11. The quantitative estimate of drug-likeness (QED) is 0.627. The van der Waals surface area contributed by atoms with Crippen molar-refractivity contribution in [1.82, 2.24) is 0 Å². The van der Waals surface area contributed by atoms with Gasteiger partial charge in [-0.15, -0.1) is 0 Å². The Kier molecular flexibility index (Phi) is 2.67. The van der Waals surface area contributed by atoms with Crippen molar-refractivity contribution in [3.8, 4) is 0 Å². The molecule has 1 atom stereocenters. The molecule has 0 bridgehead atoms. The highest BCUT2D eigenvalue weighted by Crippen LogP contribution is 2.29. The fraction of sp³-hybridized carbons (Fsp3) is 0.385. The summed E-state index contributed by atoms with van der Waals surface area (Å²) in [5.41, 5.74) is 2.36. The summed E-state index contributed by atoms with van der Waals surface area (Å²) < 4.78 is 13.0. The van der Waals surface area contributed by atoms with Crippen molar-refractivity contribution in [2.45, 2.75) is 26.2 Å². The fourth-order valence-electron chi connectivity index (χ4n) is 1.92. The molecule has 0 radical (unpaired) electrons. The maximum absolute atomic E-state index is 13.0. The predicted octanol–water partition coefficient (Wildman–Crippen LogP) is 4.03. The van der Waals surface area contributed by atoms with Crippen LogP contribution < -0.4 is 0 Å². The topological polar surface area (TPSA) is 0 Å². The van der Waals surface area contributed by atoms with E-state index in [-0.39, 0.29) is 5.82 Å². The van der Waals surface area contributed by atoms with Gasteiger partial charge in [0.15, 0.2) is 0 Å². The van der Waals surface area contributed by atoms with E-state index in [0.29, 0.717) is 0 Å². The molecule has 0 saturated carbocycles. The summed E-state index contributed by atoms with van der Waals surface area (Å²) in [6, 6.07) is 6.89. The molecule has 0 amide bonds. The molecule has 1 unspecified atom stereocenters. The van der Waals surface area contributed by atoms with Gasteiger partial charge in [0, 0.05) is 0 Å². The third-order valence-electron chi connectivity index (χ3n) is 2.87. The summed E-state index contributed by atoms with van der Waals surface area (Å²) in [5.74, 6) is 0.648. The minimum Gasteiger partial charge on any atom is -0.207 e. The van der Waals surface area contributed by atoms with Gasteiger partial charge in [-0.25, -0.2) is 4.39 Å². The number of halogens is 1. The minimum absolute atomic E-state index is 0.137. The first kappa shape index (κ1) is 9.45. The Morgan fingerprint density at radius 3 is 2.86 bits per heavy atom. The van der Waals surface area contributed by atoms with Crippen LogP contribution in [0.25, 0.3) is 5.57 Å². The van der Waals surface area contributed by atoms with Gasteiger partial charge >= 0.3 is 0 Å². The van der Waals surface area contributed by atoms with Gasteiger partial charge in [-0.1, -0.05) is 25.1 Å². The second kappa shape index (κ2) is 3.95. The monoisotopic (exact) mass is 190 g/mol. The van der Waals surface area contributed by atoms with E-state index in [1.165, 1.54) is 18.1 Å². The molecular formula is C13H15F. The zero-order valence-electron chi connectivity index (χ0n) is 8.46. The van der Waals surface area contributed by atoms with Crippen LogP contribution >= 0.6 is 0 Å². The van der Waals surface area contributed by atoms with E-state index in [9.17, 15) is 4.39 Å². The van der Waals surface area contributed by atoms with Gasteiger partial charge in [-0.3, -0.25) is 0 Å². The predicted molar refractivity (Wildman–Crippen MR) is 57.4 cm³/mol. The summed E-state index contributed by atoms with van der Waals surface area (Å²) in [6.07, 6.45) is 5.70. The SMILES string of the molecule is CC1CC=C(c2cccc(F)c2)CC1. The molecule has 0 fully saturated rings. The lowest BCUT2D eigenvalue weighted by Gasteiger charge is -2.18. The molecule has 0 saturated heterocycles. The Labute approximate surface area is 84.5 Å². The van der Waals surface area contributed by atoms with E-state index in [2.05, 4.69) is 13.0 Å². The van der Waals surface area contributed by atoms with Gasteiger partial charge in [0.1, 0.15) is 5.82 Å². The molecule has 74 valence electrons. The first-order valence-corrected chi connectivity index (χ1v) is 5.20. The van der Waals surface area contributed by atoms with Crippen LogP contribution in [0.15, 0.2) is 30.3 Å². The number of hydrogen-bond acceptors (Lipinski definition) is 0. The third-order valence-corrected chi connectivity index (χ3v) is 2.87. The molecule has 1 aromatic carbocycles. The Morgan fingerprint density at radius 1 is 1.36 bits per heavy atom. The first-order chi connectivity index (χ1) is 6.75. The molecular weight excluding hydrogens is 175 g/mol. The minimum atomic E-state index is -0.137. The molecule has 0 N–H and O–H groups in total. The highest BCUT2D eigenvalue weighted by Gasteiger charge is 2.11. The number of benzene rings is 1. The maximum Gasteiger partial charge on any atom is 0.123 e. The summed E-state index contributed by atoms with van der Waals surface area (Å²) in [7, 11) is 0. The van der Waals surface area contributed by atoms with Crippen molar-refractivity contribution >= 4 is 5.57 Å². The molecule has 0 spiro atoms. The fourth-order valence-corrected chi connectivity index (χ4v) is 1.92. The van der Waals surface area contributed by atoms with Gasteiger partial charge in [0.05, 0.1) is 0 Å². The summed E-state index contributed by atoms with van der Waals surface area (Å²) in [4.78, 5) is 0. The average molecular weight is 190 g/mol. The second-order valence-corrected chi connectivity index (χ2v) is 4.12. The molecule has 0 heterocycles. The Morgan fingerprint density at radius 2 is 2.21 bits per heavy atom. The average Bonchev–Trinajstić information content (AvgIpc) is 2.19. The van der Waals surface area contributed by atoms with Gasteiger partial charge < -0.3 is 0 Å². The van der Waals surface area contributed by atoms with Crippen molar-refractivity contribution in [3.05, 3.63) is 41.7 Å². The lowest BCUT2D eigenvalue weighted by Crippen LogP contribution is -2.00. The molecule has 1 aliphatic rings. The number of allylic oxidation sites excluding steroid dienone is 2. The summed E-state index contributed by atoms with van der Waals surface area (Å²) >= 11 is 0. The molecule has 1 aromatic rings. The molecule has 0 nitrogen and oxygen atoms in total. The van der Waals surface area contributed by atoms with Crippen LogP contribution in [0, 0.1) is 11.7 Å². The Balaban J connectivity index is 2.23. The largest absolute Gasteiger partial charge is 0.207 e. The highest BCUT2D eigenvalue weighted by molar-refractivity contribution is 5.66. The number of hydrogen-bond donors (Lipinski definition) is 0. The molecule has 1 heteroatoms. The maximum atomic E-state index is 13.0. The van der Waals surface area contributed by atoms with Crippen molar-refractivity contribution in [2.24, 2.45) is 5.92 Å². The van der Waals surface area contributed by atoms with Crippen LogP contribution in [-0.2, 0) is 0 Å². The van der Waals surface area contributed by atoms with Crippen molar-refractivity contribution in [1.29, 1.82) is 0 Å². The van der Waals surface area contributed by atoms with E-state index in [0.717, 1.165) is 24.3 Å². The third kappa shape index (κ3) is 2.03. The smallest absolute Gasteiger partial charge is 0.123 e. The zero-order valence-corrected chi connectivity index (χ0v) is 8.46. The van der Waals surface area contributed by atoms with E-state index in [1.807, 2.05) is 6.07 Å². The van der Waals surface area contributed by atoms with Gasteiger partial charge in [0.2, 0.25) is 0 Å². The molecule has 14 heavy (non-hydrogen) atoms. The van der Waals surface area contributed by atoms with Crippen molar-refractivity contribution in [3.63, 3.8) is 0 Å². The summed E-state index contributed by atoms with van der Waals surface area (Å²) in [6.45, 7) is 2.26. The van der Waals surface area contributed by atoms with Crippen LogP contribution in [0.3, 0.4) is 0 Å². The van der Waals surface area contributed by atoms with Crippen molar-refractivity contribution in [2.75, 3.05) is 0 Å². The zero-order chi connectivity index (χ0) is 9.97. The summed E-state index contributed by atoms with van der Waals surface area (Å²) in [5, 5.41) is 0. The van der Waals surface area contributed by atoms with Gasteiger partial charge in [-0.2, -0.15) is 0 Å². The normalized spacial score (nSPS) is 21.9. The van der Waals surface area contributed by atoms with Crippen LogP contribution in [0.4, 0.5) is 4.39 Å². The van der Waals surface area contributed by atoms with Crippen LogP contribution in [-0.4, -0.2) is 0 Å². The van der Waals surface area contributed by atoms with Crippen LogP contribution in [0.5, 0.6) is 0 Å². The second-order valence-electron chi connectivity index (χ2n) is 4.12. The molecule has 0 aliphatic heterocycles. The van der Waals surface area contributed by atoms with Gasteiger partial charge in [0.25, 0.3) is 0 Å². The van der Waals surface area contributed by atoms with E-state index in [4.69, 9.17) is 0 Å². The van der Waals surface area contributed by atoms with Crippen LogP contribution in [0.2, 0.25) is 0 Å². The van der Waals surface area contributed by atoms with E-state index in [1.54, 1.807) is 12.1 Å². The lowest BCUT2D eigenvalue weighted by molar-refractivity contribution is 0.533. The highest BCUT2D eigenvalue weighted by atomic mass is 19.1. The van der Waals surface area contributed by atoms with E-state index < -0.39 is 0 Å². The van der Waals surface area contributed by atoms with Crippen LogP contribution in [0.1, 0.15) is 31.7 Å². The number of rotatable bonds is 1.